The normalized spacial score (nSPS) is 13.5. The van der Waals surface area contributed by atoms with Crippen LogP contribution in [0, 0.1) is 32.1 Å². The molecule has 4 aromatic rings. The predicted molar refractivity (Wildman–Crippen MR) is 138 cm³/mol. The number of aryl methyl sites for hydroxylation is 2. The molecule has 0 spiro atoms. The summed E-state index contributed by atoms with van der Waals surface area (Å²) in [5.74, 6) is 2.53. The van der Waals surface area contributed by atoms with Crippen LogP contribution in [0.3, 0.4) is 0 Å². The number of anilines is 1. The Morgan fingerprint density at radius 1 is 1.11 bits per heavy atom. The molecule has 35 heavy (non-hydrogen) atoms. The van der Waals surface area contributed by atoms with E-state index in [9.17, 15) is 5.26 Å². The molecule has 2 heterocycles. The molecule has 6 heteroatoms. The molecule has 6 nitrogen and oxygen atoms in total. The fourth-order valence-corrected chi connectivity index (χ4v) is 5.00. The molecule has 0 radical (unpaired) electrons. The highest BCUT2D eigenvalue weighted by Gasteiger charge is 2.26. The van der Waals surface area contributed by atoms with Crippen molar-refractivity contribution in [3.63, 3.8) is 0 Å². The summed E-state index contributed by atoms with van der Waals surface area (Å²) < 4.78 is 13.4. The van der Waals surface area contributed by atoms with E-state index in [4.69, 9.17) is 20.2 Å². The maximum atomic E-state index is 9.98. The average molecular weight is 467 g/mol. The second-order valence-electron chi connectivity index (χ2n) is 9.36. The van der Waals surface area contributed by atoms with Crippen LogP contribution < -0.4 is 15.2 Å². The molecule has 1 aliphatic carbocycles. The number of pyridine rings is 1. The zero-order valence-electron chi connectivity index (χ0n) is 20.7. The summed E-state index contributed by atoms with van der Waals surface area (Å²) in [7, 11) is 1.65. The molecule has 178 valence electrons. The van der Waals surface area contributed by atoms with Crippen LogP contribution in [-0.4, -0.2) is 16.7 Å². The molecule has 0 aliphatic heterocycles. The molecular formula is C29H30N4O2. The number of fused-ring (bicyclic) bond motifs is 1. The number of nitrogen functional groups attached to an aromatic ring is 1. The predicted octanol–water partition coefficient (Wildman–Crippen LogP) is 6.26. The summed E-state index contributed by atoms with van der Waals surface area (Å²) >= 11 is 0. The maximum Gasteiger partial charge on any atom is 0.147 e. The Kier molecular flexibility index (Phi) is 5.86. The Bertz CT molecular complexity index is 1460. The van der Waals surface area contributed by atoms with Gasteiger partial charge in [-0.05, 0) is 80.5 Å². The van der Waals surface area contributed by atoms with Crippen molar-refractivity contribution in [3.05, 3.63) is 76.0 Å². The molecule has 0 atom stereocenters. The smallest absolute Gasteiger partial charge is 0.147 e. The highest BCUT2D eigenvalue weighted by molar-refractivity contribution is 5.92. The molecule has 1 saturated carbocycles. The van der Waals surface area contributed by atoms with E-state index >= 15 is 0 Å². The van der Waals surface area contributed by atoms with Crippen LogP contribution in [0.25, 0.3) is 16.7 Å². The van der Waals surface area contributed by atoms with Gasteiger partial charge in [-0.25, -0.2) is 4.98 Å². The molecule has 0 saturated heterocycles. The van der Waals surface area contributed by atoms with Gasteiger partial charge in [-0.3, -0.25) is 4.57 Å². The van der Waals surface area contributed by atoms with Gasteiger partial charge in [-0.15, -0.1) is 0 Å². The fourth-order valence-electron chi connectivity index (χ4n) is 5.00. The Labute approximate surface area is 205 Å². The minimum atomic E-state index is 0.415. The van der Waals surface area contributed by atoms with E-state index in [0.29, 0.717) is 23.9 Å². The summed E-state index contributed by atoms with van der Waals surface area (Å²) in [6, 6.07) is 16.3. The number of nitrogens with zero attached hydrogens (tertiary/aromatic N) is 3. The number of rotatable bonds is 6. The number of nitrogens with two attached hydrogens (primary N) is 1. The third-order valence-electron chi connectivity index (χ3n) is 7.23. The topological polar surface area (TPSA) is 86.1 Å². The third-order valence-corrected chi connectivity index (χ3v) is 7.23. The van der Waals surface area contributed by atoms with Crippen LogP contribution in [0.4, 0.5) is 5.82 Å². The van der Waals surface area contributed by atoms with Crippen LogP contribution in [0.2, 0.25) is 0 Å². The average Bonchev–Trinajstić information content (AvgIpc) is 3.08. The lowest BCUT2D eigenvalue weighted by molar-refractivity contribution is 0.303. The molecule has 1 aliphatic rings. The summed E-state index contributed by atoms with van der Waals surface area (Å²) in [6.07, 6.45) is 3.61. The Balaban J connectivity index is 1.59. The number of methoxy groups -OCH3 is 1. The SMILES string of the molecule is COc1ccc(COc2ccc(C)c(-n3c(N)c(C#N)c4cc(C5CCC5)c(C)nc43)c2C)cc1. The minimum absolute atomic E-state index is 0.415. The standard InChI is InChI=1S/C29H30N4O2/c1-17-8-13-26(35-16-20-9-11-22(34-4)12-10-20)18(2)27(17)33-28(31)25(15-30)24-14-23(21-6-5-7-21)19(3)32-29(24)33/h8-14,21H,5-7,16,31H2,1-4H3. The fraction of sp³-hybridized carbons (Fsp3) is 0.310. The Morgan fingerprint density at radius 2 is 1.86 bits per heavy atom. The highest BCUT2D eigenvalue weighted by Crippen LogP contribution is 2.41. The number of benzene rings is 2. The maximum absolute atomic E-state index is 9.98. The largest absolute Gasteiger partial charge is 0.497 e. The zero-order chi connectivity index (χ0) is 24.7. The highest BCUT2D eigenvalue weighted by atomic mass is 16.5. The number of hydrogen-bond donors (Lipinski definition) is 1. The van der Waals surface area contributed by atoms with Crippen LogP contribution >= 0.6 is 0 Å². The first-order valence-electron chi connectivity index (χ1n) is 12.0. The third kappa shape index (κ3) is 3.87. The minimum Gasteiger partial charge on any atom is -0.497 e. The van der Waals surface area contributed by atoms with Gasteiger partial charge in [-0.2, -0.15) is 5.26 Å². The van der Waals surface area contributed by atoms with Gasteiger partial charge in [-0.1, -0.05) is 24.6 Å². The lowest BCUT2D eigenvalue weighted by Crippen LogP contribution is -2.12. The Hall–Kier alpha value is -3.98. The van der Waals surface area contributed by atoms with Crippen molar-refractivity contribution < 1.29 is 9.47 Å². The van der Waals surface area contributed by atoms with Gasteiger partial charge >= 0.3 is 0 Å². The molecule has 2 N–H and O–H groups in total. The molecule has 2 aromatic heterocycles. The van der Waals surface area contributed by atoms with Crippen molar-refractivity contribution >= 4 is 16.9 Å². The summed E-state index contributed by atoms with van der Waals surface area (Å²) in [6.45, 7) is 6.56. The molecule has 0 unspecified atom stereocenters. The van der Waals surface area contributed by atoms with E-state index in [1.165, 1.54) is 24.8 Å². The quantitative estimate of drug-likeness (QED) is 0.362. The van der Waals surface area contributed by atoms with Gasteiger partial charge in [0.25, 0.3) is 0 Å². The Morgan fingerprint density at radius 3 is 2.49 bits per heavy atom. The van der Waals surface area contributed by atoms with Crippen molar-refractivity contribution in [1.29, 1.82) is 5.26 Å². The first-order valence-corrected chi connectivity index (χ1v) is 12.0. The number of hydrogen-bond acceptors (Lipinski definition) is 5. The van der Waals surface area contributed by atoms with Crippen LogP contribution in [0.5, 0.6) is 11.5 Å². The van der Waals surface area contributed by atoms with Gasteiger partial charge in [0, 0.05) is 16.6 Å². The van der Waals surface area contributed by atoms with E-state index in [1.54, 1.807) is 7.11 Å². The van der Waals surface area contributed by atoms with Gasteiger partial charge in [0.1, 0.15) is 41.2 Å². The molecule has 1 fully saturated rings. The first kappa shape index (κ1) is 22.8. The van der Waals surface area contributed by atoms with Crippen molar-refractivity contribution in [1.82, 2.24) is 9.55 Å². The van der Waals surface area contributed by atoms with Crippen molar-refractivity contribution in [3.8, 4) is 23.3 Å². The summed E-state index contributed by atoms with van der Waals surface area (Å²) in [5.41, 5.74) is 14.0. The molecule has 0 bridgehead atoms. The lowest BCUT2D eigenvalue weighted by atomic mass is 9.79. The zero-order valence-corrected chi connectivity index (χ0v) is 20.7. The summed E-state index contributed by atoms with van der Waals surface area (Å²) in [5, 5.41) is 10.8. The second kappa shape index (κ2) is 8.99. The van der Waals surface area contributed by atoms with E-state index in [-0.39, 0.29) is 0 Å². The molecule has 0 amide bonds. The van der Waals surface area contributed by atoms with Gasteiger partial charge in [0.2, 0.25) is 0 Å². The second-order valence-corrected chi connectivity index (χ2v) is 9.36. The summed E-state index contributed by atoms with van der Waals surface area (Å²) in [4.78, 5) is 4.99. The number of aromatic nitrogens is 2. The molecular weight excluding hydrogens is 436 g/mol. The molecule has 2 aromatic carbocycles. The van der Waals surface area contributed by atoms with Crippen LogP contribution in [0.1, 0.15) is 58.7 Å². The van der Waals surface area contributed by atoms with Crippen molar-refractivity contribution in [2.24, 2.45) is 0 Å². The first-order chi connectivity index (χ1) is 16.9. The van der Waals surface area contributed by atoms with Crippen LogP contribution in [-0.2, 0) is 6.61 Å². The van der Waals surface area contributed by atoms with Crippen molar-refractivity contribution in [2.45, 2.75) is 52.6 Å². The van der Waals surface area contributed by atoms with Gasteiger partial charge in [0.15, 0.2) is 0 Å². The van der Waals surface area contributed by atoms with E-state index < -0.39 is 0 Å². The van der Waals surface area contributed by atoms with Gasteiger partial charge < -0.3 is 15.2 Å². The van der Waals surface area contributed by atoms with Gasteiger partial charge in [0.05, 0.1) is 12.8 Å². The number of nitriles is 1. The van der Waals surface area contributed by atoms with Crippen LogP contribution in [0.15, 0.2) is 42.5 Å². The van der Waals surface area contributed by atoms with E-state index in [0.717, 1.165) is 50.6 Å². The van der Waals surface area contributed by atoms with E-state index in [1.807, 2.05) is 54.8 Å². The lowest BCUT2D eigenvalue weighted by Gasteiger charge is -2.27. The van der Waals surface area contributed by atoms with E-state index in [2.05, 4.69) is 19.1 Å². The molecule has 5 rings (SSSR count). The monoisotopic (exact) mass is 466 g/mol. The number of ether oxygens (including phenoxy) is 2. The van der Waals surface area contributed by atoms with Crippen molar-refractivity contribution in [2.75, 3.05) is 12.8 Å².